The molecule has 2 aromatic carbocycles. The highest BCUT2D eigenvalue weighted by atomic mass is 16.5. The normalized spacial score (nSPS) is 16.4. The molecule has 0 atom stereocenters. The van der Waals surface area contributed by atoms with Gasteiger partial charge in [-0.15, -0.1) is 0 Å². The van der Waals surface area contributed by atoms with E-state index >= 15 is 0 Å². The number of aliphatic hydroxyl groups is 2. The van der Waals surface area contributed by atoms with E-state index in [1.165, 1.54) is 33.4 Å². The molecule has 0 amide bonds. The fourth-order valence-electron chi connectivity index (χ4n) is 4.53. The van der Waals surface area contributed by atoms with Crippen molar-refractivity contribution in [3.8, 4) is 11.5 Å². The molecule has 4 rings (SSSR count). The summed E-state index contributed by atoms with van der Waals surface area (Å²) in [4.78, 5) is 4.47. The third kappa shape index (κ3) is 4.88. The molecule has 0 aliphatic carbocycles. The van der Waals surface area contributed by atoms with Crippen molar-refractivity contribution in [2.45, 2.75) is 46.2 Å². The molecule has 0 bridgehead atoms. The molecule has 0 aromatic heterocycles. The number of fused-ring (bicyclic) bond motifs is 2. The van der Waals surface area contributed by atoms with Crippen molar-refractivity contribution >= 4 is 0 Å². The highest BCUT2D eigenvalue weighted by molar-refractivity contribution is 5.54. The number of benzene rings is 2. The second-order valence-electron chi connectivity index (χ2n) is 8.68. The summed E-state index contributed by atoms with van der Waals surface area (Å²) in [5, 5.41) is 18.3. The third-order valence-corrected chi connectivity index (χ3v) is 6.34. The van der Waals surface area contributed by atoms with Crippen LogP contribution in [0, 0.1) is 13.8 Å². The number of aliphatic hydroxyl groups excluding tert-OH is 2. The summed E-state index contributed by atoms with van der Waals surface area (Å²) in [6, 6.07) is 8.72. The van der Waals surface area contributed by atoms with E-state index in [0.29, 0.717) is 13.5 Å². The van der Waals surface area contributed by atoms with Crippen molar-refractivity contribution in [2.75, 3.05) is 39.8 Å². The van der Waals surface area contributed by atoms with Gasteiger partial charge < -0.3 is 19.7 Å². The Morgan fingerprint density at radius 1 is 0.742 bits per heavy atom. The standard InChI is InChI=1S/C25H34N2O4/c1-18-5-7-20-14-26(9-3-11-28)16-30-24(20)22(18)13-23-19(2)6-8-21-15-27(10-4-12-29)17-31-25(21)23/h5-8,28-29H,3-4,9-17H2,1-2H3. The average Bonchev–Trinajstić information content (AvgIpc) is 2.79. The smallest absolute Gasteiger partial charge is 0.142 e. The molecule has 2 heterocycles. The SMILES string of the molecule is Cc1ccc2c(c1Cc1c(C)ccc3c1OCN(CCCO)C3)OCN(CCCO)C2. The molecule has 0 spiro atoms. The Balaban J connectivity index is 1.59. The van der Waals surface area contributed by atoms with Crippen LogP contribution in [0.4, 0.5) is 0 Å². The number of rotatable bonds is 8. The van der Waals surface area contributed by atoms with Crippen LogP contribution < -0.4 is 9.47 Å². The maximum absolute atomic E-state index is 9.13. The monoisotopic (exact) mass is 426 g/mol. The fourth-order valence-corrected chi connectivity index (χ4v) is 4.53. The van der Waals surface area contributed by atoms with Gasteiger partial charge in [0, 0.05) is 68.1 Å². The summed E-state index contributed by atoms with van der Waals surface area (Å²) in [6.45, 7) is 9.22. The molecular formula is C25H34N2O4. The summed E-state index contributed by atoms with van der Waals surface area (Å²) < 4.78 is 12.5. The van der Waals surface area contributed by atoms with Crippen LogP contribution in [-0.4, -0.2) is 59.8 Å². The van der Waals surface area contributed by atoms with Gasteiger partial charge in [0.2, 0.25) is 0 Å². The van der Waals surface area contributed by atoms with Crippen molar-refractivity contribution in [1.82, 2.24) is 9.80 Å². The van der Waals surface area contributed by atoms with E-state index in [0.717, 1.165) is 56.9 Å². The van der Waals surface area contributed by atoms with E-state index in [4.69, 9.17) is 19.7 Å². The molecule has 168 valence electrons. The van der Waals surface area contributed by atoms with Gasteiger partial charge in [-0.25, -0.2) is 0 Å². The van der Waals surface area contributed by atoms with Crippen molar-refractivity contribution in [3.05, 3.63) is 57.6 Å². The molecule has 0 fully saturated rings. The first-order chi connectivity index (χ1) is 15.1. The van der Waals surface area contributed by atoms with Crippen molar-refractivity contribution in [2.24, 2.45) is 0 Å². The zero-order valence-corrected chi connectivity index (χ0v) is 18.7. The van der Waals surface area contributed by atoms with E-state index in [-0.39, 0.29) is 13.2 Å². The lowest BCUT2D eigenvalue weighted by Crippen LogP contribution is -2.34. The Morgan fingerprint density at radius 3 is 1.61 bits per heavy atom. The summed E-state index contributed by atoms with van der Waals surface area (Å²) in [7, 11) is 0. The van der Waals surface area contributed by atoms with Gasteiger partial charge in [-0.3, -0.25) is 9.80 Å². The van der Waals surface area contributed by atoms with Crippen LogP contribution >= 0.6 is 0 Å². The van der Waals surface area contributed by atoms with Gasteiger partial charge in [0.05, 0.1) is 0 Å². The molecular weight excluding hydrogens is 392 g/mol. The first-order valence-corrected chi connectivity index (χ1v) is 11.3. The molecule has 0 saturated carbocycles. The molecule has 6 nitrogen and oxygen atoms in total. The summed E-state index contributed by atoms with van der Waals surface area (Å²) in [5.41, 5.74) is 7.37. The molecule has 2 N–H and O–H groups in total. The number of hydrogen-bond donors (Lipinski definition) is 2. The van der Waals surface area contributed by atoms with Gasteiger partial charge in [-0.05, 0) is 37.8 Å². The minimum absolute atomic E-state index is 0.207. The van der Waals surface area contributed by atoms with Crippen LogP contribution in [0.25, 0.3) is 0 Å². The molecule has 2 aliphatic rings. The summed E-state index contributed by atoms with van der Waals surface area (Å²) in [6.07, 6.45) is 2.32. The Kier molecular flexibility index (Phi) is 7.13. The van der Waals surface area contributed by atoms with Crippen molar-refractivity contribution < 1.29 is 19.7 Å². The molecule has 2 aliphatic heterocycles. The van der Waals surface area contributed by atoms with E-state index in [2.05, 4.69) is 47.9 Å². The molecule has 31 heavy (non-hydrogen) atoms. The minimum atomic E-state index is 0.207. The van der Waals surface area contributed by atoms with Crippen molar-refractivity contribution in [1.29, 1.82) is 0 Å². The van der Waals surface area contributed by atoms with Gasteiger partial charge >= 0.3 is 0 Å². The van der Waals surface area contributed by atoms with Crippen LogP contribution in [0.2, 0.25) is 0 Å². The third-order valence-electron chi connectivity index (χ3n) is 6.34. The molecule has 2 aromatic rings. The van der Waals surface area contributed by atoms with Gasteiger partial charge in [-0.1, -0.05) is 24.3 Å². The van der Waals surface area contributed by atoms with Gasteiger partial charge in [0.25, 0.3) is 0 Å². The van der Waals surface area contributed by atoms with Crippen LogP contribution in [0.15, 0.2) is 24.3 Å². The zero-order valence-electron chi connectivity index (χ0n) is 18.7. The molecule has 0 unspecified atom stereocenters. The first kappa shape index (κ1) is 22.1. The number of nitrogens with zero attached hydrogens (tertiary/aromatic N) is 2. The van der Waals surface area contributed by atoms with Crippen LogP contribution in [0.5, 0.6) is 11.5 Å². The van der Waals surface area contributed by atoms with E-state index < -0.39 is 0 Å². The highest BCUT2D eigenvalue weighted by Gasteiger charge is 2.25. The number of ether oxygens (including phenoxy) is 2. The van der Waals surface area contributed by atoms with Crippen LogP contribution in [0.3, 0.4) is 0 Å². The molecule has 6 heteroatoms. The maximum atomic E-state index is 9.13. The average molecular weight is 427 g/mol. The quantitative estimate of drug-likeness (QED) is 0.677. The van der Waals surface area contributed by atoms with Gasteiger partial charge in [0.15, 0.2) is 0 Å². The summed E-state index contributed by atoms with van der Waals surface area (Å²) in [5.74, 6) is 2.02. The second kappa shape index (κ2) is 10.0. The van der Waals surface area contributed by atoms with Crippen molar-refractivity contribution in [3.63, 3.8) is 0 Å². The largest absolute Gasteiger partial charge is 0.477 e. The van der Waals surface area contributed by atoms with Crippen LogP contribution in [0.1, 0.15) is 46.2 Å². The lowest BCUT2D eigenvalue weighted by molar-refractivity contribution is 0.0862. The molecule has 0 radical (unpaired) electrons. The lowest BCUT2D eigenvalue weighted by atomic mass is 9.91. The van der Waals surface area contributed by atoms with E-state index in [1.54, 1.807) is 0 Å². The second-order valence-corrected chi connectivity index (χ2v) is 8.68. The minimum Gasteiger partial charge on any atom is -0.477 e. The first-order valence-electron chi connectivity index (χ1n) is 11.3. The Morgan fingerprint density at radius 2 is 1.19 bits per heavy atom. The Labute approximate surface area is 185 Å². The summed E-state index contributed by atoms with van der Waals surface area (Å²) >= 11 is 0. The number of hydrogen-bond acceptors (Lipinski definition) is 6. The fraction of sp³-hybridized carbons (Fsp3) is 0.520. The van der Waals surface area contributed by atoms with E-state index in [9.17, 15) is 0 Å². The topological polar surface area (TPSA) is 65.4 Å². The predicted molar refractivity (Wildman–Crippen MR) is 120 cm³/mol. The Hall–Kier alpha value is -2.12. The highest BCUT2D eigenvalue weighted by Crippen LogP contribution is 2.38. The predicted octanol–water partition coefficient (Wildman–Crippen LogP) is 2.96. The number of aryl methyl sites for hydroxylation is 2. The molecule has 0 saturated heterocycles. The van der Waals surface area contributed by atoms with Crippen LogP contribution in [-0.2, 0) is 19.5 Å². The zero-order chi connectivity index (χ0) is 21.8. The van der Waals surface area contributed by atoms with E-state index in [1.807, 2.05) is 0 Å². The van der Waals surface area contributed by atoms with Gasteiger partial charge in [-0.2, -0.15) is 0 Å². The maximum Gasteiger partial charge on any atom is 0.142 e. The van der Waals surface area contributed by atoms with Gasteiger partial charge in [0.1, 0.15) is 25.0 Å². The Bertz CT molecular complexity index is 841. The lowest BCUT2D eigenvalue weighted by Gasteiger charge is -2.32.